The monoisotopic (exact) mass is 700 g/mol. The number of hydrogen-bond donors (Lipinski definition) is 2. The van der Waals surface area contributed by atoms with E-state index in [1.807, 2.05) is 72.8 Å². The van der Waals surface area contributed by atoms with Crippen molar-refractivity contribution in [3.8, 4) is 0 Å². The van der Waals surface area contributed by atoms with E-state index in [-0.39, 0.29) is 27.6 Å². The molecule has 2 atom stereocenters. The Balaban J connectivity index is 1.24. The van der Waals surface area contributed by atoms with Crippen LogP contribution in [0.2, 0.25) is 0 Å². The van der Waals surface area contributed by atoms with Gasteiger partial charge < -0.3 is 20.6 Å². The molecule has 1 unspecified atom stereocenters. The summed E-state index contributed by atoms with van der Waals surface area (Å²) in [5.41, 5.74) is 9.25. The molecular formula is C31H24N8O4S4. The number of thiazole rings is 1. The molecule has 2 aliphatic rings. The highest BCUT2D eigenvalue weighted by molar-refractivity contribution is 8.00. The molecule has 2 aliphatic heterocycles. The number of pyridine rings is 1. The van der Waals surface area contributed by atoms with Gasteiger partial charge in [-0.2, -0.15) is 9.36 Å². The minimum atomic E-state index is -0.888. The number of β-lactam (4-membered cyclic amide) rings is 1. The number of oxime groups is 1. The number of nitrogen functional groups attached to an aromatic ring is 1. The number of thiocarbonyl (C=S) groups is 1. The molecule has 2 aromatic carbocycles. The van der Waals surface area contributed by atoms with Crippen LogP contribution in [-0.2, 0) is 19.2 Å². The first-order valence-corrected chi connectivity index (χ1v) is 17.2. The lowest BCUT2D eigenvalue weighted by Gasteiger charge is -2.50. The summed E-state index contributed by atoms with van der Waals surface area (Å²) in [6, 6.07) is 22.3. The van der Waals surface area contributed by atoms with Crippen LogP contribution in [0.1, 0.15) is 28.1 Å². The number of anilines is 1. The first-order valence-electron chi connectivity index (χ1n) is 14.1. The molecule has 12 nitrogen and oxygen atoms in total. The van der Waals surface area contributed by atoms with Crippen molar-refractivity contribution in [2.45, 2.75) is 17.5 Å². The molecular weight excluding hydrogens is 677 g/mol. The molecule has 5 heterocycles. The van der Waals surface area contributed by atoms with E-state index in [0.29, 0.717) is 16.5 Å². The zero-order valence-electron chi connectivity index (χ0n) is 24.5. The highest BCUT2D eigenvalue weighted by Gasteiger charge is 2.54. The number of carbonyl (C=O) groups is 2. The first kappa shape index (κ1) is 30.9. The van der Waals surface area contributed by atoms with Crippen LogP contribution in [-0.4, -0.2) is 71.1 Å². The maximum absolute atomic E-state index is 13.9. The Hall–Kier alpha value is -4.77. The average Bonchev–Trinajstić information content (AvgIpc) is 3.74. The quantitative estimate of drug-likeness (QED) is 0.0971. The SMILES string of the molecule is CO/N=C(/C(=O)NC1C(=O)N2C(C(=S)OC(c3ccccc3)c3ccccc3)=C(c3nc4cccnc4s3)CS[C@H]12)c1nsc(N)n1. The molecule has 0 aliphatic carbocycles. The van der Waals surface area contributed by atoms with E-state index in [0.717, 1.165) is 38.6 Å². The van der Waals surface area contributed by atoms with Gasteiger partial charge in [0.1, 0.15) is 45.7 Å². The number of aromatic nitrogens is 4. The average molecular weight is 701 g/mol. The van der Waals surface area contributed by atoms with Crippen molar-refractivity contribution in [1.82, 2.24) is 29.5 Å². The van der Waals surface area contributed by atoms with Crippen LogP contribution in [0.3, 0.4) is 0 Å². The first-order chi connectivity index (χ1) is 22.9. The summed E-state index contributed by atoms with van der Waals surface area (Å²) in [5.74, 6) is -0.596. The molecule has 0 saturated carbocycles. The van der Waals surface area contributed by atoms with Gasteiger partial charge in [0.05, 0.1) is 0 Å². The van der Waals surface area contributed by atoms with Gasteiger partial charge in [0.25, 0.3) is 11.8 Å². The van der Waals surface area contributed by atoms with Gasteiger partial charge >= 0.3 is 0 Å². The van der Waals surface area contributed by atoms with Gasteiger partial charge in [-0.1, -0.05) is 77.2 Å². The fourth-order valence-electron chi connectivity index (χ4n) is 5.23. The Morgan fingerprint density at radius 1 is 1.09 bits per heavy atom. The summed E-state index contributed by atoms with van der Waals surface area (Å²) in [6.45, 7) is 0. The van der Waals surface area contributed by atoms with Crippen molar-refractivity contribution in [2.75, 3.05) is 18.6 Å². The third-order valence-electron chi connectivity index (χ3n) is 7.35. The summed E-state index contributed by atoms with van der Waals surface area (Å²) in [5, 5.41) is 7.07. The van der Waals surface area contributed by atoms with E-state index < -0.39 is 23.4 Å². The summed E-state index contributed by atoms with van der Waals surface area (Å²) < 4.78 is 10.7. The summed E-state index contributed by atoms with van der Waals surface area (Å²) in [6.07, 6.45) is 1.17. The lowest BCUT2D eigenvalue weighted by Crippen LogP contribution is -2.71. The molecule has 5 aromatic rings. The molecule has 0 spiro atoms. The van der Waals surface area contributed by atoms with Crippen LogP contribution in [0.5, 0.6) is 0 Å². The molecule has 1 saturated heterocycles. The smallest absolute Gasteiger partial charge is 0.278 e. The number of rotatable bonds is 9. The predicted octanol–water partition coefficient (Wildman–Crippen LogP) is 4.42. The summed E-state index contributed by atoms with van der Waals surface area (Å²) >= 11 is 9.83. The largest absolute Gasteiger partial charge is 0.469 e. The number of hydrogen-bond acceptors (Lipinski definition) is 14. The molecule has 2 amide bonds. The molecule has 3 N–H and O–H groups in total. The van der Waals surface area contributed by atoms with Crippen LogP contribution in [0.25, 0.3) is 15.9 Å². The van der Waals surface area contributed by atoms with Gasteiger partial charge in [-0.05, 0) is 35.5 Å². The van der Waals surface area contributed by atoms with Crippen molar-refractivity contribution in [2.24, 2.45) is 5.16 Å². The predicted molar refractivity (Wildman–Crippen MR) is 186 cm³/mol. The third-order valence-corrected chi connectivity index (χ3v) is 10.5. The molecule has 3 aromatic heterocycles. The van der Waals surface area contributed by atoms with Crippen molar-refractivity contribution < 1.29 is 19.2 Å². The van der Waals surface area contributed by atoms with E-state index >= 15 is 0 Å². The van der Waals surface area contributed by atoms with Gasteiger partial charge in [0, 0.05) is 29.1 Å². The van der Waals surface area contributed by atoms with Gasteiger partial charge in [0.15, 0.2) is 5.13 Å². The number of nitrogens with two attached hydrogens (primary N) is 1. The Morgan fingerprint density at radius 3 is 2.45 bits per heavy atom. The Kier molecular flexibility index (Phi) is 8.64. The zero-order chi connectivity index (χ0) is 32.5. The van der Waals surface area contributed by atoms with E-state index in [4.69, 9.17) is 32.5 Å². The normalized spacial score (nSPS) is 17.8. The van der Waals surface area contributed by atoms with Crippen molar-refractivity contribution in [3.63, 3.8) is 0 Å². The van der Waals surface area contributed by atoms with E-state index in [1.54, 1.807) is 11.1 Å². The maximum atomic E-state index is 13.9. The fourth-order valence-corrected chi connectivity index (χ4v) is 8.38. The summed E-state index contributed by atoms with van der Waals surface area (Å²) in [7, 11) is 1.30. The number of carbonyl (C=O) groups excluding carboxylic acids is 2. The zero-order valence-corrected chi connectivity index (χ0v) is 27.7. The van der Waals surface area contributed by atoms with Gasteiger partial charge in [-0.25, -0.2) is 9.97 Å². The highest BCUT2D eigenvalue weighted by Crippen LogP contribution is 2.45. The second-order valence-electron chi connectivity index (χ2n) is 10.2. The number of benzene rings is 2. The molecule has 47 heavy (non-hydrogen) atoms. The van der Waals surface area contributed by atoms with E-state index in [9.17, 15) is 9.59 Å². The Bertz CT molecular complexity index is 1980. The molecule has 7 rings (SSSR count). The Labute approximate surface area is 285 Å². The highest BCUT2D eigenvalue weighted by atomic mass is 32.2. The van der Waals surface area contributed by atoms with Gasteiger partial charge in [-0.15, -0.1) is 11.8 Å². The number of ether oxygens (including phenoxy) is 1. The minimum Gasteiger partial charge on any atom is -0.469 e. The Morgan fingerprint density at radius 2 is 1.81 bits per heavy atom. The number of thioether (sulfide) groups is 1. The second kappa shape index (κ2) is 13.2. The van der Waals surface area contributed by atoms with Crippen LogP contribution in [0.15, 0.2) is 89.8 Å². The molecule has 0 bridgehead atoms. The van der Waals surface area contributed by atoms with Gasteiger partial charge in [-0.3, -0.25) is 14.5 Å². The second-order valence-corrected chi connectivity index (χ2v) is 13.5. The topological polar surface area (TPSA) is 158 Å². The fraction of sp³-hybridized carbons (Fsp3) is 0.161. The van der Waals surface area contributed by atoms with Crippen molar-refractivity contribution >= 4 is 90.5 Å². The van der Waals surface area contributed by atoms with Crippen molar-refractivity contribution in [3.05, 3.63) is 107 Å². The van der Waals surface area contributed by atoms with Crippen LogP contribution in [0.4, 0.5) is 5.13 Å². The third kappa shape index (κ3) is 5.95. The standard InChI is InChI=1S/C31H24N8O4S4/c1-42-37-20(24-36-31(32)47-38-24)25(40)35-21-28(41)39-22(18(15-45-29(21)39)26-34-19-13-8-14-33-27(19)46-26)30(44)43-23(16-9-4-2-5-10-16)17-11-6-3-7-12-17/h2-14,21,23,29H,15H2,1H3,(H,35,40)(H2,32,36,38)/b37-20+/t21?,29-/m1/s1. The van der Waals surface area contributed by atoms with Crippen LogP contribution in [0, 0.1) is 0 Å². The molecule has 236 valence electrons. The number of nitrogens with one attached hydrogen (secondary N) is 1. The number of amides is 2. The summed E-state index contributed by atoms with van der Waals surface area (Å²) in [4.78, 5) is 47.8. The van der Waals surface area contributed by atoms with E-state index in [1.165, 1.54) is 30.2 Å². The maximum Gasteiger partial charge on any atom is 0.278 e. The number of nitrogens with zero attached hydrogens (tertiary/aromatic N) is 6. The van der Waals surface area contributed by atoms with Crippen molar-refractivity contribution in [1.29, 1.82) is 0 Å². The number of fused-ring (bicyclic) bond motifs is 2. The van der Waals surface area contributed by atoms with Crippen LogP contribution >= 0.6 is 46.8 Å². The minimum absolute atomic E-state index is 0.00142. The lowest BCUT2D eigenvalue weighted by molar-refractivity contribution is -0.144. The molecule has 1 fully saturated rings. The molecule has 16 heteroatoms. The molecule has 0 radical (unpaired) electrons. The van der Waals surface area contributed by atoms with E-state index in [2.05, 4.69) is 24.8 Å². The van der Waals surface area contributed by atoms with Crippen LogP contribution < -0.4 is 11.1 Å². The van der Waals surface area contributed by atoms with Gasteiger partial charge in [0.2, 0.25) is 16.6 Å². The lowest BCUT2D eigenvalue weighted by atomic mass is 10.0.